The number of piperidine rings is 1. The zero-order chi connectivity index (χ0) is 25.8. The summed E-state index contributed by atoms with van der Waals surface area (Å²) in [7, 11) is 3.07. The summed E-state index contributed by atoms with van der Waals surface area (Å²) in [6, 6.07) is 10.1. The zero-order valence-corrected chi connectivity index (χ0v) is 21.8. The number of carbonyl (C=O) groups excluding carboxylic acids is 4. The number of likely N-dealkylation sites (tertiary alicyclic amines) is 1. The van der Waals surface area contributed by atoms with Gasteiger partial charge in [-0.3, -0.25) is 24.1 Å². The maximum atomic E-state index is 12.9. The Balaban J connectivity index is 1.21. The van der Waals surface area contributed by atoms with E-state index in [4.69, 9.17) is 9.47 Å². The second-order valence-corrected chi connectivity index (χ2v) is 9.67. The van der Waals surface area contributed by atoms with Gasteiger partial charge in [-0.15, -0.1) is 0 Å². The maximum Gasteiger partial charge on any atom is 0.261 e. The van der Waals surface area contributed by atoms with Crippen molar-refractivity contribution in [2.24, 2.45) is 0 Å². The third-order valence-corrected chi connectivity index (χ3v) is 6.99. The average molecular weight is 558 g/mol. The molecule has 0 spiro atoms. The molecule has 0 bridgehead atoms. The molecule has 2 aromatic carbocycles. The molecule has 0 aliphatic carbocycles. The number of halogens is 1. The topological polar surface area (TPSA) is 105 Å². The molecule has 0 saturated carbocycles. The largest absolute Gasteiger partial charge is 0.493 e. The van der Waals surface area contributed by atoms with Crippen LogP contribution in [0.3, 0.4) is 0 Å². The molecule has 2 aliphatic rings. The molecule has 0 unspecified atom stereocenters. The Kier molecular flexibility index (Phi) is 7.93. The molecule has 2 aliphatic heterocycles. The minimum atomic E-state index is -0.330. The number of hydrogen-bond donors (Lipinski definition) is 1. The minimum absolute atomic E-state index is 0.0244. The van der Waals surface area contributed by atoms with E-state index in [0.29, 0.717) is 60.5 Å². The first-order valence-corrected chi connectivity index (χ1v) is 12.6. The molecular weight excluding hydrogens is 530 g/mol. The first-order valence-electron chi connectivity index (χ1n) is 11.8. The van der Waals surface area contributed by atoms with Gasteiger partial charge in [0.25, 0.3) is 17.7 Å². The summed E-state index contributed by atoms with van der Waals surface area (Å²) in [5.74, 6) is 0.191. The van der Waals surface area contributed by atoms with Gasteiger partial charge in [0, 0.05) is 42.1 Å². The average Bonchev–Trinajstić information content (AvgIpc) is 3.12. The maximum absolute atomic E-state index is 12.9. The fourth-order valence-corrected chi connectivity index (χ4v) is 4.90. The van der Waals surface area contributed by atoms with Crippen LogP contribution >= 0.6 is 15.9 Å². The van der Waals surface area contributed by atoms with Crippen LogP contribution in [-0.4, -0.2) is 73.3 Å². The van der Waals surface area contributed by atoms with E-state index < -0.39 is 0 Å². The lowest BCUT2D eigenvalue weighted by atomic mass is 10.0. The van der Waals surface area contributed by atoms with Crippen LogP contribution in [0.1, 0.15) is 56.8 Å². The first kappa shape index (κ1) is 25.7. The van der Waals surface area contributed by atoms with Crippen molar-refractivity contribution in [3.63, 3.8) is 0 Å². The van der Waals surface area contributed by atoms with E-state index >= 15 is 0 Å². The van der Waals surface area contributed by atoms with Gasteiger partial charge in [-0.05, 0) is 55.7 Å². The monoisotopic (exact) mass is 557 g/mol. The van der Waals surface area contributed by atoms with Crippen molar-refractivity contribution in [3.8, 4) is 11.5 Å². The van der Waals surface area contributed by atoms with Crippen LogP contribution in [0.25, 0.3) is 0 Å². The van der Waals surface area contributed by atoms with E-state index in [2.05, 4.69) is 21.2 Å². The van der Waals surface area contributed by atoms with Crippen LogP contribution in [0.15, 0.2) is 40.9 Å². The number of carbonyl (C=O) groups is 4. The Bertz CT molecular complexity index is 1190. The summed E-state index contributed by atoms with van der Waals surface area (Å²) in [4.78, 5) is 53.4. The first-order chi connectivity index (χ1) is 17.3. The molecule has 1 fully saturated rings. The van der Waals surface area contributed by atoms with E-state index in [1.807, 2.05) is 0 Å². The van der Waals surface area contributed by atoms with Crippen LogP contribution in [0.4, 0.5) is 0 Å². The molecule has 0 radical (unpaired) electrons. The second kappa shape index (κ2) is 11.1. The highest BCUT2D eigenvalue weighted by Crippen LogP contribution is 2.29. The van der Waals surface area contributed by atoms with Gasteiger partial charge in [-0.25, -0.2) is 0 Å². The van der Waals surface area contributed by atoms with Gasteiger partial charge in [-0.2, -0.15) is 0 Å². The quantitative estimate of drug-likeness (QED) is 0.499. The fraction of sp³-hybridized carbons (Fsp3) is 0.385. The number of nitrogens with zero attached hydrogens (tertiary/aromatic N) is 2. The van der Waals surface area contributed by atoms with Crippen molar-refractivity contribution >= 4 is 39.6 Å². The Morgan fingerprint density at radius 1 is 0.972 bits per heavy atom. The molecule has 36 heavy (non-hydrogen) atoms. The van der Waals surface area contributed by atoms with Crippen LogP contribution in [0, 0.1) is 0 Å². The van der Waals surface area contributed by atoms with Crippen molar-refractivity contribution in [1.29, 1.82) is 0 Å². The van der Waals surface area contributed by atoms with Gasteiger partial charge >= 0.3 is 0 Å². The summed E-state index contributed by atoms with van der Waals surface area (Å²) < 4.78 is 11.2. The SMILES string of the molecule is COc1ccc(C(=O)N2CCC(NC(=O)CCCN3C(=O)c4ccc(Br)cc4C3=O)CC2)cc1OC. The summed E-state index contributed by atoms with van der Waals surface area (Å²) in [6.45, 7) is 1.25. The molecule has 4 rings (SSSR count). The molecule has 0 atom stereocenters. The third-order valence-electron chi connectivity index (χ3n) is 6.50. The van der Waals surface area contributed by atoms with Crippen LogP contribution in [0.2, 0.25) is 0 Å². The number of hydrogen-bond acceptors (Lipinski definition) is 6. The van der Waals surface area contributed by atoms with Gasteiger partial charge in [0.15, 0.2) is 11.5 Å². The molecule has 2 aromatic rings. The number of fused-ring (bicyclic) bond motifs is 1. The molecule has 190 valence electrons. The molecule has 2 heterocycles. The normalized spacial score (nSPS) is 15.6. The lowest BCUT2D eigenvalue weighted by molar-refractivity contribution is -0.122. The number of rotatable bonds is 8. The molecule has 0 aromatic heterocycles. The van der Waals surface area contributed by atoms with Crippen molar-refractivity contribution in [2.45, 2.75) is 31.7 Å². The van der Waals surface area contributed by atoms with Crippen molar-refractivity contribution in [1.82, 2.24) is 15.1 Å². The van der Waals surface area contributed by atoms with E-state index in [1.54, 1.807) is 48.4 Å². The molecule has 9 nitrogen and oxygen atoms in total. The number of ether oxygens (including phenoxy) is 2. The summed E-state index contributed by atoms with van der Waals surface area (Å²) in [5.41, 5.74) is 1.30. The van der Waals surface area contributed by atoms with Crippen LogP contribution in [-0.2, 0) is 4.79 Å². The predicted molar refractivity (Wildman–Crippen MR) is 135 cm³/mol. The minimum Gasteiger partial charge on any atom is -0.493 e. The second-order valence-electron chi connectivity index (χ2n) is 8.76. The van der Waals surface area contributed by atoms with Gasteiger partial charge < -0.3 is 19.7 Å². The zero-order valence-electron chi connectivity index (χ0n) is 20.2. The van der Waals surface area contributed by atoms with E-state index in [1.165, 1.54) is 12.0 Å². The lowest BCUT2D eigenvalue weighted by Crippen LogP contribution is -2.46. The molecule has 1 saturated heterocycles. The van der Waals surface area contributed by atoms with Gasteiger partial charge in [0.05, 0.1) is 25.3 Å². The van der Waals surface area contributed by atoms with Crippen molar-refractivity contribution in [2.75, 3.05) is 33.9 Å². The van der Waals surface area contributed by atoms with Gasteiger partial charge in [0.1, 0.15) is 0 Å². The summed E-state index contributed by atoms with van der Waals surface area (Å²) in [5, 5.41) is 3.02. The standard InChI is InChI=1S/C26H28BrN3O6/c1-35-21-8-5-16(14-22(21)36-2)24(32)29-12-9-18(10-13-29)28-23(31)4-3-11-30-25(33)19-7-6-17(27)15-20(19)26(30)34/h5-8,14-15,18H,3-4,9-13H2,1-2H3,(H,28,31). The Labute approximate surface area is 217 Å². The Hall–Kier alpha value is -3.40. The Morgan fingerprint density at radius 3 is 2.36 bits per heavy atom. The van der Waals surface area contributed by atoms with E-state index in [-0.39, 0.29) is 42.6 Å². The number of methoxy groups -OCH3 is 2. The Morgan fingerprint density at radius 2 is 1.67 bits per heavy atom. The van der Waals surface area contributed by atoms with Crippen molar-refractivity contribution < 1.29 is 28.7 Å². The van der Waals surface area contributed by atoms with E-state index in [9.17, 15) is 19.2 Å². The molecule has 1 N–H and O–H groups in total. The van der Waals surface area contributed by atoms with Crippen LogP contribution in [0.5, 0.6) is 11.5 Å². The smallest absolute Gasteiger partial charge is 0.261 e. The molecule has 4 amide bonds. The highest BCUT2D eigenvalue weighted by atomic mass is 79.9. The molecule has 10 heteroatoms. The number of amides is 4. The summed E-state index contributed by atoms with van der Waals surface area (Å²) >= 11 is 3.32. The number of benzene rings is 2. The number of nitrogens with one attached hydrogen (secondary N) is 1. The van der Waals surface area contributed by atoms with Gasteiger partial charge in [0.2, 0.25) is 5.91 Å². The van der Waals surface area contributed by atoms with Gasteiger partial charge in [-0.1, -0.05) is 15.9 Å². The van der Waals surface area contributed by atoms with Crippen molar-refractivity contribution in [3.05, 3.63) is 57.6 Å². The number of imide groups is 1. The fourth-order valence-electron chi connectivity index (χ4n) is 4.54. The lowest BCUT2D eigenvalue weighted by Gasteiger charge is -2.32. The molecular formula is C26H28BrN3O6. The van der Waals surface area contributed by atoms with Crippen LogP contribution < -0.4 is 14.8 Å². The predicted octanol–water partition coefficient (Wildman–Crippen LogP) is 3.26. The van der Waals surface area contributed by atoms with E-state index in [0.717, 1.165) is 4.47 Å². The summed E-state index contributed by atoms with van der Waals surface area (Å²) in [6.07, 6.45) is 1.90. The third kappa shape index (κ3) is 5.38. The highest BCUT2D eigenvalue weighted by Gasteiger charge is 2.35. The highest BCUT2D eigenvalue weighted by molar-refractivity contribution is 9.10.